The number of nitrogens with zero attached hydrogens (tertiary/aromatic N) is 2. The maximum atomic E-state index is 12.1. The molecule has 1 amide bonds. The van der Waals surface area contributed by atoms with Crippen molar-refractivity contribution in [3.05, 3.63) is 23.5 Å². The molecule has 1 aliphatic rings. The molecule has 1 aromatic heterocycles. The lowest BCUT2D eigenvalue weighted by atomic mass is 9.89. The number of carbonyl (C=O) groups excluding carboxylic acids is 1. The summed E-state index contributed by atoms with van der Waals surface area (Å²) >= 11 is 0. The van der Waals surface area contributed by atoms with Gasteiger partial charge in [0.2, 0.25) is 5.91 Å². The highest BCUT2D eigenvalue weighted by atomic mass is 32.2. The first-order chi connectivity index (χ1) is 12.4. The van der Waals surface area contributed by atoms with Crippen LogP contribution in [0.4, 0.5) is 13.2 Å². The summed E-state index contributed by atoms with van der Waals surface area (Å²) < 4.78 is 59.8. The number of amides is 1. The smallest absolute Gasteiger partial charge is 0.401 e. The molecule has 0 aliphatic carbocycles. The number of hydrogen-bond acceptors (Lipinski definition) is 5. The van der Waals surface area contributed by atoms with Crippen molar-refractivity contribution in [3.63, 3.8) is 0 Å². The number of carbonyl (C=O) groups is 2. The van der Waals surface area contributed by atoms with Crippen LogP contribution >= 0.6 is 0 Å². The number of alkyl halides is 3. The molecule has 4 N–H and O–H groups in total. The molecule has 0 aromatic carbocycles. The first-order valence-corrected chi connectivity index (χ1v) is 9.43. The van der Waals surface area contributed by atoms with Gasteiger partial charge in [-0.3, -0.25) is 4.79 Å². The Bertz CT molecular complexity index is 813. The van der Waals surface area contributed by atoms with E-state index in [-0.39, 0.29) is 19.0 Å². The summed E-state index contributed by atoms with van der Waals surface area (Å²) in [6.45, 7) is -1.28. The van der Waals surface area contributed by atoms with Gasteiger partial charge in [0.15, 0.2) is 0 Å². The van der Waals surface area contributed by atoms with Crippen LogP contribution in [0.2, 0.25) is 0 Å². The Balaban J connectivity index is 2.01. The number of aromatic nitrogens is 1. The average Bonchev–Trinajstić information content (AvgIpc) is 2.99. The number of carboxylic acid groups (broad SMARTS) is 1. The standard InChI is InChI=1S/C14H19F3N4O5S/c15-14(16,17)8-19-7-11(22)20-4-1-9(2-5-20)10-3-6-21(27(18,25)26)12(10)13(23)24/h3,6,9,19H,1-2,4-5,7-8H2,(H,23,24)(H2,18,25,26). The van der Waals surface area contributed by atoms with Gasteiger partial charge in [-0.2, -0.15) is 21.6 Å². The van der Waals surface area contributed by atoms with Crippen LogP contribution in [-0.2, 0) is 15.0 Å². The molecule has 0 unspecified atom stereocenters. The summed E-state index contributed by atoms with van der Waals surface area (Å²) in [4.78, 5) is 24.8. The lowest BCUT2D eigenvalue weighted by Gasteiger charge is -2.32. The van der Waals surface area contributed by atoms with E-state index in [0.29, 0.717) is 22.4 Å². The number of rotatable bonds is 6. The molecule has 0 spiro atoms. The normalized spacial score (nSPS) is 16.5. The van der Waals surface area contributed by atoms with Gasteiger partial charge in [-0.15, -0.1) is 0 Å². The van der Waals surface area contributed by atoms with E-state index in [1.165, 1.54) is 11.0 Å². The largest absolute Gasteiger partial charge is 0.477 e. The van der Waals surface area contributed by atoms with Crippen molar-refractivity contribution in [1.82, 2.24) is 14.2 Å². The van der Waals surface area contributed by atoms with Gasteiger partial charge in [0, 0.05) is 19.3 Å². The second kappa shape index (κ2) is 7.86. The Kier molecular flexibility index (Phi) is 6.17. The maximum absolute atomic E-state index is 12.1. The Morgan fingerprint density at radius 2 is 1.89 bits per heavy atom. The molecule has 2 heterocycles. The summed E-state index contributed by atoms with van der Waals surface area (Å²) in [6, 6.07) is 1.36. The number of carboxylic acids is 1. The van der Waals surface area contributed by atoms with Gasteiger partial charge in [0.25, 0.3) is 0 Å². The second-order valence-electron chi connectivity index (χ2n) is 6.14. The van der Waals surface area contributed by atoms with Crippen LogP contribution in [0.3, 0.4) is 0 Å². The molecule has 2 rings (SSSR count). The van der Waals surface area contributed by atoms with Gasteiger partial charge < -0.3 is 15.3 Å². The summed E-state index contributed by atoms with van der Waals surface area (Å²) in [7, 11) is -4.27. The second-order valence-corrected chi connectivity index (χ2v) is 7.56. The molecule has 1 saturated heterocycles. The maximum Gasteiger partial charge on any atom is 0.401 e. The fourth-order valence-corrected chi connectivity index (χ4v) is 3.72. The third kappa shape index (κ3) is 5.43. The molecule has 152 valence electrons. The van der Waals surface area contributed by atoms with Gasteiger partial charge in [-0.05, 0) is 30.4 Å². The zero-order valence-corrected chi connectivity index (χ0v) is 14.9. The van der Waals surface area contributed by atoms with Gasteiger partial charge in [-0.1, -0.05) is 0 Å². The van der Waals surface area contributed by atoms with Crippen molar-refractivity contribution in [2.24, 2.45) is 5.14 Å². The third-order valence-electron chi connectivity index (χ3n) is 4.25. The third-order valence-corrected chi connectivity index (χ3v) is 5.10. The van der Waals surface area contributed by atoms with Crippen LogP contribution in [0.1, 0.15) is 34.8 Å². The van der Waals surface area contributed by atoms with Crippen LogP contribution in [0.15, 0.2) is 12.3 Å². The first-order valence-electron chi connectivity index (χ1n) is 7.93. The fourth-order valence-electron chi connectivity index (χ4n) is 3.05. The van der Waals surface area contributed by atoms with Gasteiger partial charge in [0.05, 0.1) is 13.1 Å². The zero-order chi connectivity index (χ0) is 20.4. The number of piperidine rings is 1. The van der Waals surface area contributed by atoms with Gasteiger partial charge in [0.1, 0.15) is 5.69 Å². The van der Waals surface area contributed by atoms with E-state index in [2.05, 4.69) is 0 Å². The van der Waals surface area contributed by atoms with E-state index >= 15 is 0 Å². The molecule has 0 bridgehead atoms. The molecular weight excluding hydrogens is 393 g/mol. The highest BCUT2D eigenvalue weighted by Crippen LogP contribution is 2.31. The summed E-state index contributed by atoms with van der Waals surface area (Å²) in [5.74, 6) is -2.25. The van der Waals surface area contributed by atoms with E-state index in [9.17, 15) is 36.3 Å². The minimum atomic E-state index is -4.41. The van der Waals surface area contributed by atoms with Crippen molar-refractivity contribution < 1.29 is 36.3 Å². The topological polar surface area (TPSA) is 135 Å². The van der Waals surface area contributed by atoms with Crippen molar-refractivity contribution >= 4 is 22.1 Å². The van der Waals surface area contributed by atoms with E-state index in [1.807, 2.05) is 5.32 Å². The lowest BCUT2D eigenvalue weighted by Crippen LogP contribution is -2.44. The number of likely N-dealkylation sites (tertiary alicyclic amines) is 1. The van der Waals surface area contributed by atoms with Crippen molar-refractivity contribution in [2.45, 2.75) is 24.9 Å². The fraction of sp³-hybridized carbons (Fsp3) is 0.571. The number of nitrogens with two attached hydrogens (primary N) is 1. The zero-order valence-electron chi connectivity index (χ0n) is 14.1. The lowest BCUT2D eigenvalue weighted by molar-refractivity contribution is -0.135. The molecule has 1 fully saturated rings. The van der Waals surface area contributed by atoms with Gasteiger partial charge >= 0.3 is 22.4 Å². The average molecular weight is 412 g/mol. The van der Waals surface area contributed by atoms with Crippen LogP contribution in [-0.4, -0.2) is 66.6 Å². The molecule has 0 radical (unpaired) electrons. The number of hydrogen-bond donors (Lipinski definition) is 3. The highest BCUT2D eigenvalue weighted by molar-refractivity contribution is 7.87. The summed E-state index contributed by atoms with van der Waals surface area (Å²) in [5.41, 5.74) is -0.159. The van der Waals surface area contributed by atoms with E-state index in [0.717, 1.165) is 6.20 Å². The summed E-state index contributed by atoms with van der Waals surface area (Å²) in [5, 5.41) is 16.4. The Hall–Kier alpha value is -2.12. The molecule has 0 atom stereocenters. The minimum Gasteiger partial charge on any atom is -0.477 e. The SMILES string of the molecule is NS(=O)(=O)n1ccc(C2CCN(C(=O)CNCC(F)(F)F)CC2)c1C(=O)O. The first kappa shape index (κ1) is 21.2. The molecule has 9 nitrogen and oxygen atoms in total. The van der Waals surface area contributed by atoms with Crippen LogP contribution in [0, 0.1) is 0 Å². The van der Waals surface area contributed by atoms with E-state index in [1.54, 1.807) is 0 Å². The van der Waals surface area contributed by atoms with Gasteiger partial charge in [-0.25, -0.2) is 13.9 Å². The quantitative estimate of drug-likeness (QED) is 0.606. The number of halogens is 3. The van der Waals surface area contributed by atoms with E-state index < -0.39 is 47.0 Å². The van der Waals surface area contributed by atoms with Crippen LogP contribution < -0.4 is 10.5 Å². The number of nitrogens with one attached hydrogen (secondary N) is 1. The van der Waals surface area contributed by atoms with Crippen LogP contribution in [0.5, 0.6) is 0 Å². The van der Waals surface area contributed by atoms with Crippen molar-refractivity contribution in [3.8, 4) is 0 Å². The molecule has 13 heteroatoms. The highest BCUT2D eigenvalue weighted by Gasteiger charge is 2.31. The summed E-state index contributed by atoms with van der Waals surface area (Å²) in [6.07, 6.45) is -2.65. The Morgan fingerprint density at radius 3 is 2.37 bits per heavy atom. The molecule has 27 heavy (non-hydrogen) atoms. The molecule has 1 aliphatic heterocycles. The monoisotopic (exact) mass is 412 g/mol. The Morgan fingerprint density at radius 1 is 1.30 bits per heavy atom. The molecule has 1 aromatic rings. The number of aromatic carboxylic acids is 1. The minimum absolute atomic E-state index is 0.219. The van der Waals surface area contributed by atoms with E-state index in [4.69, 9.17) is 5.14 Å². The predicted molar refractivity (Wildman–Crippen MR) is 87.4 cm³/mol. The predicted octanol–water partition coefficient (Wildman–Crippen LogP) is 0.0958. The Labute approximate surface area is 153 Å². The van der Waals surface area contributed by atoms with Crippen molar-refractivity contribution in [2.75, 3.05) is 26.2 Å². The van der Waals surface area contributed by atoms with Crippen molar-refractivity contribution in [1.29, 1.82) is 0 Å². The van der Waals surface area contributed by atoms with Crippen LogP contribution in [0.25, 0.3) is 0 Å². The molecular formula is C14H19F3N4O5S. The molecule has 0 saturated carbocycles.